The number of ether oxygens (including phenoxy) is 1. The fraction of sp³-hybridized carbons (Fsp3) is 0.188. The van der Waals surface area contributed by atoms with Crippen molar-refractivity contribution in [3.8, 4) is 5.75 Å². The van der Waals surface area contributed by atoms with Crippen molar-refractivity contribution in [2.75, 3.05) is 18.3 Å². The Hall–Kier alpha value is -2.74. The molecule has 0 radical (unpaired) electrons. The summed E-state index contributed by atoms with van der Waals surface area (Å²) in [6, 6.07) is 13.5. The molecule has 3 aromatic rings. The average Bonchev–Trinajstić information content (AvgIpc) is 2.99. The monoisotopic (exact) mass is 342 g/mol. The summed E-state index contributed by atoms with van der Waals surface area (Å²) in [5, 5.41) is 12.2. The SMILES string of the molecule is COc1ccc(NCc2nnc(SCc3ccccn3)n2N)cc1. The van der Waals surface area contributed by atoms with Gasteiger partial charge in [-0.3, -0.25) is 4.98 Å². The molecule has 0 bridgehead atoms. The van der Waals surface area contributed by atoms with Crippen molar-refractivity contribution in [1.29, 1.82) is 0 Å². The quantitative estimate of drug-likeness (QED) is 0.503. The molecular formula is C16H18N6OS. The van der Waals surface area contributed by atoms with Crippen LogP contribution < -0.4 is 15.9 Å². The van der Waals surface area contributed by atoms with Crippen molar-refractivity contribution < 1.29 is 4.74 Å². The Morgan fingerprint density at radius 1 is 1.17 bits per heavy atom. The lowest BCUT2D eigenvalue weighted by molar-refractivity contribution is 0.415. The Balaban J connectivity index is 1.57. The molecule has 0 aliphatic carbocycles. The van der Waals surface area contributed by atoms with E-state index < -0.39 is 0 Å². The molecule has 0 aliphatic heterocycles. The van der Waals surface area contributed by atoms with E-state index in [1.54, 1.807) is 13.3 Å². The maximum Gasteiger partial charge on any atom is 0.210 e. The van der Waals surface area contributed by atoms with Crippen molar-refractivity contribution >= 4 is 17.4 Å². The number of aromatic nitrogens is 4. The fourth-order valence-electron chi connectivity index (χ4n) is 2.04. The minimum Gasteiger partial charge on any atom is -0.497 e. The summed E-state index contributed by atoms with van der Waals surface area (Å²) in [5.74, 6) is 8.24. The van der Waals surface area contributed by atoms with Crippen molar-refractivity contribution in [3.05, 3.63) is 60.2 Å². The molecule has 0 amide bonds. The van der Waals surface area contributed by atoms with Crippen LogP contribution in [0, 0.1) is 0 Å². The van der Waals surface area contributed by atoms with Gasteiger partial charge < -0.3 is 15.9 Å². The van der Waals surface area contributed by atoms with E-state index in [1.165, 1.54) is 16.4 Å². The Morgan fingerprint density at radius 3 is 2.71 bits per heavy atom. The van der Waals surface area contributed by atoms with Crippen LogP contribution in [0.4, 0.5) is 5.69 Å². The first-order chi connectivity index (χ1) is 11.8. The van der Waals surface area contributed by atoms with Gasteiger partial charge in [0.1, 0.15) is 5.75 Å². The smallest absolute Gasteiger partial charge is 0.210 e. The molecule has 2 aromatic heterocycles. The van der Waals surface area contributed by atoms with Gasteiger partial charge in [0.05, 0.1) is 19.3 Å². The van der Waals surface area contributed by atoms with Crippen LogP contribution in [0.25, 0.3) is 0 Å². The largest absolute Gasteiger partial charge is 0.497 e. The summed E-state index contributed by atoms with van der Waals surface area (Å²) < 4.78 is 6.64. The van der Waals surface area contributed by atoms with Crippen LogP contribution >= 0.6 is 11.8 Å². The molecule has 3 N–H and O–H groups in total. The highest BCUT2D eigenvalue weighted by Crippen LogP contribution is 2.20. The Kier molecular flexibility index (Phi) is 5.17. The first kappa shape index (κ1) is 16.1. The highest BCUT2D eigenvalue weighted by molar-refractivity contribution is 7.98. The van der Waals surface area contributed by atoms with Gasteiger partial charge in [0, 0.05) is 17.6 Å². The van der Waals surface area contributed by atoms with Crippen LogP contribution in [-0.2, 0) is 12.3 Å². The number of pyridine rings is 1. The molecule has 0 aliphatic rings. The third-order valence-corrected chi connectivity index (χ3v) is 4.33. The van der Waals surface area contributed by atoms with Gasteiger partial charge >= 0.3 is 0 Å². The molecule has 124 valence electrons. The van der Waals surface area contributed by atoms with E-state index in [4.69, 9.17) is 10.6 Å². The van der Waals surface area contributed by atoms with E-state index >= 15 is 0 Å². The molecule has 0 saturated carbocycles. The number of anilines is 1. The minimum atomic E-state index is 0.486. The predicted octanol–water partition coefficient (Wildman–Crippen LogP) is 2.30. The van der Waals surface area contributed by atoms with Gasteiger partial charge in [-0.15, -0.1) is 10.2 Å². The Labute approximate surface area is 144 Å². The van der Waals surface area contributed by atoms with E-state index in [9.17, 15) is 0 Å². The van der Waals surface area contributed by atoms with Crippen LogP contribution in [0.15, 0.2) is 53.8 Å². The maximum absolute atomic E-state index is 6.07. The lowest BCUT2D eigenvalue weighted by Crippen LogP contribution is -2.16. The van der Waals surface area contributed by atoms with Crippen molar-refractivity contribution in [3.63, 3.8) is 0 Å². The van der Waals surface area contributed by atoms with Crippen LogP contribution in [0.3, 0.4) is 0 Å². The summed E-state index contributed by atoms with van der Waals surface area (Å²) >= 11 is 1.51. The molecule has 0 atom stereocenters. The zero-order chi connectivity index (χ0) is 16.8. The molecule has 3 rings (SSSR count). The van der Waals surface area contributed by atoms with Crippen molar-refractivity contribution in [2.24, 2.45) is 0 Å². The number of thioether (sulfide) groups is 1. The second-order valence-electron chi connectivity index (χ2n) is 4.96. The van der Waals surface area contributed by atoms with E-state index in [2.05, 4.69) is 20.5 Å². The number of hydrogen-bond donors (Lipinski definition) is 2. The highest BCUT2D eigenvalue weighted by atomic mass is 32.2. The van der Waals surface area contributed by atoms with Gasteiger partial charge in [0.2, 0.25) is 5.16 Å². The topological polar surface area (TPSA) is 90.9 Å². The van der Waals surface area contributed by atoms with Crippen molar-refractivity contribution in [2.45, 2.75) is 17.5 Å². The molecule has 1 aromatic carbocycles. The Morgan fingerprint density at radius 2 is 2.00 bits per heavy atom. The van der Waals surface area contributed by atoms with Crippen LogP contribution in [0.2, 0.25) is 0 Å². The van der Waals surface area contributed by atoms with Crippen LogP contribution in [0.5, 0.6) is 5.75 Å². The second-order valence-corrected chi connectivity index (χ2v) is 5.90. The highest BCUT2D eigenvalue weighted by Gasteiger charge is 2.10. The number of benzene rings is 1. The van der Waals surface area contributed by atoms with Gasteiger partial charge in [-0.05, 0) is 36.4 Å². The van der Waals surface area contributed by atoms with E-state index in [-0.39, 0.29) is 0 Å². The summed E-state index contributed by atoms with van der Waals surface area (Å²) in [4.78, 5) is 4.28. The number of nitrogen functional groups attached to an aromatic ring is 1. The zero-order valence-corrected chi connectivity index (χ0v) is 14.0. The Bertz CT molecular complexity index is 775. The van der Waals surface area contributed by atoms with Gasteiger partial charge in [-0.1, -0.05) is 17.8 Å². The average molecular weight is 342 g/mol. The summed E-state index contributed by atoms with van der Waals surface area (Å²) in [6.07, 6.45) is 1.77. The van der Waals surface area contributed by atoms with Crippen LogP contribution in [-0.4, -0.2) is 27.0 Å². The summed E-state index contributed by atoms with van der Waals surface area (Å²) in [6.45, 7) is 0.486. The van der Waals surface area contributed by atoms with Crippen molar-refractivity contribution in [1.82, 2.24) is 19.9 Å². The predicted molar refractivity (Wildman–Crippen MR) is 94.3 cm³/mol. The number of nitrogens with zero attached hydrogens (tertiary/aromatic N) is 4. The fourth-order valence-corrected chi connectivity index (χ4v) is 2.83. The number of rotatable bonds is 7. The molecule has 24 heavy (non-hydrogen) atoms. The van der Waals surface area contributed by atoms with Gasteiger partial charge in [0.15, 0.2) is 5.82 Å². The first-order valence-corrected chi connectivity index (χ1v) is 8.35. The third kappa shape index (κ3) is 3.96. The lowest BCUT2D eigenvalue weighted by Gasteiger charge is -2.07. The summed E-state index contributed by atoms with van der Waals surface area (Å²) in [5.41, 5.74) is 1.94. The molecule has 0 saturated heterocycles. The number of methoxy groups -OCH3 is 1. The van der Waals surface area contributed by atoms with Gasteiger partial charge in [-0.2, -0.15) is 0 Å². The number of nitrogens with one attached hydrogen (secondary N) is 1. The van der Waals surface area contributed by atoms with E-state index in [0.717, 1.165) is 17.1 Å². The molecule has 0 unspecified atom stereocenters. The molecular weight excluding hydrogens is 324 g/mol. The van der Waals surface area contributed by atoms with E-state index in [1.807, 2.05) is 42.5 Å². The van der Waals surface area contributed by atoms with E-state index in [0.29, 0.717) is 23.3 Å². The zero-order valence-electron chi connectivity index (χ0n) is 13.2. The third-order valence-electron chi connectivity index (χ3n) is 3.35. The molecule has 8 heteroatoms. The number of nitrogens with two attached hydrogens (primary N) is 1. The maximum atomic E-state index is 6.07. The van der Waals surface area contributed by atoms with Gasteiger partial charge in [-0.25, -0.2) is 4.68 Å². The van der Waals surface area contributed by atoms with Gasteiger partial charge in [0.25, 0.3) is 0 Å². The molecule has 2 heterocycles. The lowest BCUT2D eigenvalue weighted by atomic mass is 10.3. The molecule has 0 fully saturated rings. The number of hydrogen-bond acceptors (Lipinski definition) is 7. The van der Waals surface area contributed by atoms with Crippen LogP contribution in [0.1, 0.15) is 11.5 Å². The standard InChI is InChI=1S/C16H18N6OS/c1-23-14-7-5-12(6-8-14)19-10-15-20-21-16(22(15)17)24-11-13-4-2-3-9-18-13/h2-9,19H,10-11,17H2,1H3. The molecule has 7 nitrogen and oxygen atoms in total. The first-order valence-electron chi connectivity index (χ1n) is 7.36. The molecule has 0 spiro atoms. The summed E-state index contributed by atoms with van der Waals surface area (Å²) in [7, 11) is 1.64. The second kappa shape index (κ2) is 7.69. The normalized spacial score (nSPS) is 10.5. The minimum absolute atomic E-state index is 0.486.